The summed E-state index contributed by atoms with van der Waals surface area (Å²) in [6, 6.07) is 0. The minimum atomic E-state index is 0.550. The molecule has 0 aliphatic heterocycles. The molecule has 0 aromatic carbocycles. The molecule has 2 aliphatic carbocycles. The monoisotopic (exact) mass is 195 g/mol. The smallest absolute Gasteiger partial charge is 0.00203 e. The number of rotatable bonds is 3. The molecule has 0 spiro atoms. The van der Waals surface area contributed by atoms with Crippen LogP contribution in [0.1, 0.15) is 58.3 Å². The lowest BCUT2D eigenvalue weighted by molar-refractivity contribution is 0.223. The summed E-state index contributed by atoms with van der Waals surface area (Å²) in [4.78, 5) is 0. The van der Waals surface area contributed by atoms with Crippen molar-refractivity contribution in [2.45, 2.75) is 58.3 Å². The molecule has 0 radical (unpaired) electrons. The van der Waals surface area contributed by atoms with E-state index in [0.717, 1.165) is 18.4 Å². The highest BCUT2D eigenvalue weighted by Crippen LogP contribution is 2.47. The molecule has 2 N–H and O–H groups in total. The second-order valence-corrected chi connectivity index (χ2v) is 5.91. The standard InChI is InChI=1S/C13H25N/c1-11-6-7-13(8-11,10-14)9-12-4-2-3-5-12/h11-12H,2-10,14H2,1H3. The van der Waals surface area contributed by atoms with Crippen LogP contribution in [0.5, 0.6) is 0 Å². The van der Waals surface area contributed by atoms with E-state index in [-0.39, 0.29) is 0 Å². The van der Waals surface area contributed by atoms with Crippen molar-refractivity contribution < 1.29 is 0 Å². The molecule has 0 bridgehead atoms. The van der Waals surface area contributed by atoms with Gasteiger partial charge < -0.3 is 5.73 Å². The highest BCUT2D eigenvalue weighted by Gasteiger charge is 2.38. The normalized spacial score (nSPS) is 39.4. The van der Waals surface area contributed by atoms with Gasteiger partial charge in [0, 0.05) is 0 Å². The Morgan fingerprint density at radius 2 is 1.93 bits per heavy atom. The van der Waals surface area contributed by atoms with E-state index in [9.17, 15) is 0 Å². The lowest BCUT2D eigenvalue weighted by atomic mass is 9.77. The lowest BCUT2D eigenvalue weighted by Gasteiger charge is -2.30. The lowest BCUT2D eigenvalue weighted by Crippen LogP contribution is -2.29. The fraction of sp³-hybridized carbons (Fsp3) is 1.00. The first kappa shape index (κ1) is 10.5. The highest BCUT2D eigenvalue weighted by molar-refractivity contribution is 4.91. The van der Waals surface area contributed by atoms with Crippen LogP contribution in [0.25, 0.3) is 0 Å². The fourth-order valence-electron chi connectivity index (χ4n) is 3.78. The topological polar surface area (TPSA) is 26.0 Å². The summed E-state index contributed by atoms with van der Waals surface area (Å²) in [6.45, 7) is 3.33. The SMILES string of the molecule is CC1CCC(CN)(CC2CCCC2)C1. The molecule has 1 nitrogen and oxygen atoms in total. The van der Waals surface area contributed by atoms with Crippen LogP contribution in [0.4, 0.5) is 0 Å². The van der Waals surface area contributed by atoms with Gasteiger partial charge in [0.1, 0.15) is 0 Å². The van der Waals surface area contributed by atoms with E-state index in [1.54, 1.807) is 0 Å². The van der Waals surface area contributed by atoms with Gasteiger partial charge in [0.25, 0.3) is 0 Å². The molecule has 2 atom stereocenters. The summed E-state index contributed by atoms with van der Waals surface area (Å²) in [5.41, 5.74) is 6.56. The summed E-state index contributed by atoms with van der Waals surface area (Å²) in [7, 11) is 0. The van der Waals surface area contributed by atoms with E-state index in [1.807, 2.05) is 0 Å². The Labute approximate surface area is 88.4 Å². The van der Waals surface area contributed by atoms with E-state index in [2.05, 4.69) is 6.92 Å². The molecule has 0 heterocycles. The van der Waals surface area contributed by atoms with E-state index >= 15 is 0 Å². The molecular weight excluding hydrogens is 170 g/mol. The molecule has 1 heteroatoms. The van der Waals surface area contributed by atoms with Crippen LogP contribution in [0.15, 0.2) is 0 Å². The van der Waals surface area contributed by atoms with Crippen LogP contribution in [0.2, 0.25) is 0 Å². The van der Waals surface area contributed by atoms with E-state index < -0.39 is 0 Å². The van der Waals surface area contributed by atoms with Crippen molar-refractivity contribution in [3.63, 3.8) is 0 Å². The number of nitrogens with two attached hydrogens (primary N) is 1. The molecular formula is C13H25N. The number of hydrogen-bond donors (Lipinski definition) is 1. The van der Waals surface area contributed by atoms with Gasteiger partial charge in [0.2, 0.25) is 0 Å². The van der Waals surface area contributed by atoms with Crippen LogP contribution < -0.4 is 5.73 Å². The van der Waals surface area contributed by atoms with Gasteiger partial charge in [0.05, 0.1) is 0 Å². The van der Waals surface area contributed by atoms with Gasteiger partial charge in [0.15, 0.2) is 0 Å². The third kappa shape index (κ3) is 2.13. The van der Waals surface area contributed by atoms with Crippen molar-refractivity contribution >= 4 is 0 Å². The molecule has 0 amide bonds. The Morgan fingerprint density at radius 1 is 1.21 bits per heavy atom. The van der Waals surface area contributed by atoms with Crippen LogP contribution in [-0.2, 0) is 0 Å². The Bertz CT molecular complexity index is 184. The van der Waals surface area contributed by atoms with Crippen molar-refractivity contribution in [3.05, 3.63) is 0 Å². The maximum Gasteiger partial charge on any atom is -0.00203 e. The summed E-state index contributed by atoms with van der Waals surface area (Å²) in [6.07, 6.45) is 11.6. The second-order valence-electron chi connectivity index (χ2n) is 5.91. The molecule has 0 aromatic heterocycles. The van der Waals surface area contributed by atoms with Crippen LogP contribution in [0.3, 0.4) is 0 Å². The first-order valence-corrected chi connectivity index (χ1v) is 6.44. The van der Waals surface area contributed by atoms with E-state index in [4.69, 9.17) is 5.73 Å². The summed E-state index contributed by atoms with van der Waals surface area (Å²) < 4.78 is 0. The minimum absolute atomic E-state index is 0.550. The zero-order valence-electron chi connectivity index (χ0n) is 9.60. The molecule has 14 heavy (non-hydrogen) atoms. The van der Waals surface area contributed by atoms with Crippen molar-refractivity contribution in [2.75, 3.05) is 6.54 Å². The highest BCUT2D eigenvalue weighted by atomic mass is 14.6. The minimum Gasteiger partial charge on any atom is -0.330 e. The molecule has 0 aromatic rings. The Balaban J connectivity index is 1.91. The molecule has 2 aliphatic rings. The zero-order valence-corrected chi connectivity index (χ0v) is 9.60. The maximum atomic E-state index is 6.01. The fourth-order valence-corrected chi connectivity index (χ4v) is 3.78. The van der Waals surface area contributed by atoms with Crippen LogP contribution in [0, 0.1) is 17.3 Å². The first-order valence-electron chi connectivity index (χ1n) is 6.44. The average molecular weight is 195 g/mol. The summed E-state index contributed by atoms with van der Waals surface area (Å²) in [5, 5.41) is 0. The van der Waals surface area contributed by atoms with Crippen LogP contribution in [-0.4, -0.2) is 6.54 Å². The zero-order chi connectivity index (χ0) is 10.0. The Morgan fingerprint density at radius 3 is 2.43 bits per heavy atom. The van der Waals surface area contributed by atoms with Crippen molar-refractivity contribution in [1.29, 1.82) is 0 Å². The third-order valence-electron chi connectivity index (χ3n) is 4.58. The Hall–Kier alpha value is -0.0400. The predicted molar refractivity (Wildman–Crippen MR) is 61.1 cm³/mol. The number of hydrogen-bond acceptors (Lipinski definition) is 1. The van der Waals surface area contributed by atoms with Crippen molar-refractivity contribution in [1.82, 2.24) is 0 Å². The van der Waals surface area contributed by atoms with Gasteiger partial charge in [-0.05, 0) is 43.1 Å². The van der Waals surface area contributed by atoms with E-state index in [1.165, 1.54) is 51.4 Å². The quantitative estimate of drug-likeness (QED) is 0.734. The van der Waals surface area contributed by atoms with Gasteiger partial charge in [-0.15, -0.1) is 0 Å². The van der Waals surface area contributed by atoms with Gasteiger partial charge >= 0.3 is 0 Å². The van der Waals surface area contributed by atoms with Gasteiger partial charge in [-0.25, -0.2) is 0 Å². The first-order chi connectivity index (χ1) is 6.74. The van der Waals surface area contributed by atoms with E-state index in [0.29, 0.717) is 5.41 Å². The van der Waals surface area contributed by atoms with Gasteiger partial charge in [-0.1, -0.05) is 39.0 Å². The molecule has 82 valence electrons. The molecule has 2 unspecified atom stereocenters. The molecule has 0 saturated heterocycles. The molecule has 2 fully saturated rings. The third-order valence-corrected chi connectivity index (χ3v) is 4.58. The van der Waals surface area contributed by atoms with Crippen molar-refractivity contribution in [2.24, 2.45) is 23.0 Å². The van der Waals surface area contributed by atoms with Gasteiger partial charge in [-0.2, -0.15) is 0 Å². The second kappa shape index (κ2) is 4.22. The van der Waals surface area contributed by atoms with Gasteiger partial charge in [-0.3, -0.25) is 0 Å². The Kier molecular flexibility index (Phi) is 3.16. The average Bonchev–Trinajstić information content (AvgIpc) is 2.77. The largest absolute Gasteiger partial charge is 0.330 e. The molecule has 2 rings (SSSR count). The predicted octanol–water partition coefficient (Wildman–Crippen LogP) is 3.33. The van der Waals surface area contributed by atoms with Crippen LogP contribution >= 0.6 is 0 Å². The summed E-state index contributed by atoms with van der Waals surface area (Å²) in [5.74, 6) is 1.95. The maximum absolute atomic E-state index is 6.01. The summed E-state index contributed by atoms with van der Waals surface area (Å²) >= 11 is 0. The molecule has 2 saturated carbocycles. The van der Waals surface area contributed by atoms with Crippen molar-refractivity contribution in [3.8, 4) is 0 Å².